The maximum absolute atomic E-state index is 13.4. The van der Waals surface area contributed by atoms with Crippen molar-refractivity contribution in [1.82, 2.24) is 9.21 Å². The van der Waals surface area contributed by atoms with E-state index in [0.717, 1.165) is 16.7 Å². The van der Waals surface area contributed by atoms with E-state index in [1.807, 2.05) is 31.7 Å². The van der Waals surface area contributed by atoms with E-state index in [-0.39, 0.29) is 22.5 Å². The number of halogens is 1. The van der Waals surface area contributed by atoms with E-state index in [1.54, 1.807) is 31.2 Å². The minimum atomic E-state index is -3.73. The molecule has 30 heavy (non-hydrogen) atoms. The number of carbonyl (C=O) groups is 1. The predicted molar refractivity (Wildman–Crippen MR) is 115 cm³/mol. The molecule has 1 atom stereocenters. The summed E-state index contributed by atoms with van der Waals surface area (Å²) in [6.45, 7) is 8.78. The lowest BCUT2D eigenvalue weighted by Crippen LogP contribution is -2.38. The first kappa shape index (κ1) is 22.4. The topological polar surface area (TPSA) is 57.7 Å². The van der Waals surface area contributed by atoms with Crippen molar-refractivity contribution in [2.75, 3.05) is 13.1 Å². The minimum absolute atomic E-state index is 0.0581. The lowest BCUT2D eigenvalue weighted by molar-refractivity contribution is -0.135. The third-order valence-electron chi connectivity index (χ3n) is 5.70. The summed E-state index contributed by atoms with van der Waals surface area (Å²) in [6, 6.07) is 10.7. The van der Waals surface area contributed by atoms with Gasteiger partial charge >= 0.3 is 0 Å². The second-order valence-corrected chi connectivity index (χ2v) is 9.92. The molecule has 2 aromatic rings. The van der Waals surface area contributed by atoms with Gasteiger partial charge in [-0.2, -0.15) is 4.31 Å². The van der Waals surface area contributed by atoms with Gasteiger partial charge in [0.2, 0.25) is 15.9 Å². The molecule has 162 valence electrons. The normalized spacial score (nSPS) is 15.4. The van der Waals surface area contributed by atoms with E-state index < -0.39 is 16.1 Å². The number of hydrogen-bond acceptors (Lipinski definition) is 3. The zero-order valence-electron chi connectivity index (χ0n) is 17.9. The van der Waals surface area contributed by atoms with Gasteiger partial charge in [-0.3, -0.25) is 4.79 Å². The quantitative estimate of drug-likeness (QED) is 0.689. The second kappa shape index (κ2) is 8.86. The molecule has 3 rings (SSSR count). The molecule has 0 spiro atoms. The Morgan fingerprint density at radius 2 is 1.77 bits per heavy atom. The first-order valence-electron chi connectivity index (χ1n) is 10.3. The van der Waals surface area contributed by atoms with E-state index in [9.17, 15) is 17.6 Å². The molecule has 0 saturated carbocycles. The van der Waals surface area contributed by atoms with Crippen LogP contribution >= 0.6 is 0 Å². The molecular formula is C23H29FN2O3S. The first-order valence-corrected chi connectivity index (χ1v) is 11.8. The third-order valence-corrected chi connectivity index (χ3v) is 7.74. The lowest BCUT2D eigenvalue weighted by Gasteiger charge is -2.31. The van der Waals surface area contributed by atoms with Gasteiger partial charge in [0.15, 0.2) is 0 Å². The third kappa shape index (κ3) is 4.42. The maximum atomic E-state index is 13.4. The average Bonchev–Trinajstić information content (AvgIpc) is 2.73. The molecular weight excluding hydrogens is 403 g/mol. The van der Waals surface area contributed by atoms with Crippen LogP contribution in [0.1, 0.15) is 50.4 Å². The Bertz CT molecular complexity index is 1020. The largest absolute Gasteiger partial charge is 0.338 e. The Kier molecular flexibility index (Phi) is 6.62. The molecule has 0 fully saturated rings. The molecule has 2 aromatic carbocycles. The van der Waals surface area contributed by atoms with E-state index in [4.69, 9.17) is 0 Å². The van der Waals surface area contributed by atoms with Crippen molar-refractivity contribution < 1.29 is 17.6 Å². The van der Waals surface area contributed by atoms with Crippen molar-refractivity contribution in [3.63, 3.8) is 0 Å². The second-order valence-electron chi connectivity index (χ2n) is 8.03. The van der Waals surface area contributed by atoms with Crippen LogP contribution in [-0.2, 0) is 27.8 Å². The highest BCUT2D eigenvalue weighted by atomic mass is 32.2. The molecule has 1 aliphatic heterocycles. The number of sulfonamides is 1. The van der Waals surface area contributed by atoms with Gasteiger partial charge in [0.1, 0.15) is 5.82 Å². The molecule has 0 aromatic heterocycles. The molecule has 5 nitrogen and oxygen atoms in total. The highest BCUT2D eigenvalue weighted by molar-refractivity contribution is 7.89. The lowest BCUT2D eigenvalue weighted by atomic mass is 9.99. The SMILES string of the molecule is CCN(C(C)c1ccc(F)cc1)S(=O)(=O)c1ccc2c(c1)CCN(C(=O)C(C)C)C2. The number of benzene rings is 2. The molecule has 1 unspecified atom stereocenters. The van der Waals surface area contributed by atoms with Crippen LogP contribution in [0.4, 0.5) is 4.39 Å². The Balaban J connectivity index is 1.87. The molecule has 0 bridgehead atoms. The molecule has 1 heterocycles. The summed E-state index contributed by atoms with van der Waals surface area (Å²) >= 11 is 0. The smallest absolute Gasteiger partial charge is 0.243 e. The van der Waals surface area contributed by atoms with Crippen LogP contribution in [0.25, 0.3) is 0 Å². The summed E-state index contributed by atoms with van der Waals surface area (Å²) in [5.41, 5.74) is 2.70. The number of fused-ring (bicyclic) bond motifs is 1. The van der Waals surface area contributed by atoms with Gasteiger partial charge in [-0.25, -0.2) is 12.8 Å². The van der Waals surface area contributed by atoms with Gasteiger partial charge in [-0.15, -0.1) is 0 Å². The van der Waals surface area contributed by atoms with Gasteiger partial charge in [-0.05, 0) is 54.3 Å². The number of hydrogen-bond donors (Lipinski definition) is 0. The molecule has 0 N–H and O–H groups in total. The number of nitrogens with zero attached hydrogens (tertiary/aromatic N) is 2. The number of amides is 1. The van der Waals surface area contributed by atoms with E-state index in [2.05, 4.69) is 0 Å². The summed E-state index contributed by atoms with van der Waals surface area (Å²) in [7, 11) is -3.73. The zero-order valence-corrected chi connectivity index (χ0v) is 18.7. The van der Waals surface area contributed by atoms with Crippen LogP contribution in [0, 0.1) is 11.7 Å². The fourth-order valence-corrected chi connectivity index (χ4v) is 5.62. The summed E-state index contributed by atoms with van der Waals surface area (Å²) < 4.78 is 41.4. The predicted octanol–water partition coefficient (Wildman–Crippen LogP) is 4.14. The van der Waals surface area contributed by atoms with Gasteiger partial charge in [0.05, 0.1) is 4.90 Å². The number of rotatable bonds is 6. The Morgan fingerprint density at radius 1 is 1.10 bits per heavy atom. The fourth-order valence-electron chi connectivity index (χ4n) is 3.94. The van der Waals surface area contributed by atoms with E-state index in [1.165, 1.54) is 16.4 Å². The summed E-state index contributed by atoms with van der Waals surface area (Å²) in [5, 5.41) is 0. The van der Waals surface area contributed by atoms with Crippen LogP contribution in [0.5, 0.6) is 0 Å². The standard InChI is InChI=1S/C23H29FN2O3S/c1-5-26(17(4)18-6-9-21(24)10-7-18)30(28,29)22-11-8-20-15-25(23(27)16(2)3)13-12-19(20)14-22/h6-11,14,16-17H,5,12-13,15H2,1-4H3. The van der Waals surface area contributed by atoms with E-state index >= 15 is 0 Å². The highest BCUT2D eigenvalue weighted by Gasteiger charge is 2.30. The maximum Gasteiger partial charge on any atom is 0.243 e. The Morgan fingerprint density at radius 3 is 2.37 bits per heavy atom. The fraction of sp³-hybridized carbons (Fsp3) is 0.435. The van der Waals surface area contributed by atoms with Crippen LogP contribution < -0.4 is 0 Å². The highest BCUT2D eigenvalue weighted by Crippen LogP contribution is 2.30. The van der Waals surface area contributed by atoms with Gasteiger partial charge < -0.3 is 4.90 Å². The summed E-state index contributed by atoms with van der Waals surface area (Å²) in [6.07, 6.45) is 0.636. The van der Waals surface area contributed by atoms with Crippen LogP contribution in [0.15, 0.2) is 47.4 Å². The molecule has 1 amide bonds. The Hall–Kier alpha value is -2.25. The summed E-state index contributed by atoms with van der Waals surface area (Å²) in [4.78, 5) is 14.4. The van der Waals surface area contributed by atoms with E-state index in [0.29, 0.717) is 26.1 Å². The minimum Gasteiger partial charge on any atom is -0.338 e. The van der Waals surface area contributed by atoms with Crippen LogP contribution in [0.2, 0.25) is 0 Å². The molecule has 0 radical (unpaired) electrons. The van der Waals surface area contributed by atoms with Crippen molar-refractivity contribution in [3.8, 4) is 0 Å². The monoisotopic (exact) mass is 432 g/mol. The van der Waals surface area contributed by atoms with Crippen molar-refractivity contribution in [2.45, 2.75) is 51.6 Å². The molecule has 1 aliphatic rings. The Labute approximate surface area is 178 Å². The van der Waals surface area contributed by atoms with Crippen LogP contribution in [0.3, 0.4) is 0 Å². The zero-order chi connectivity index (χ0) is 22.1. The van der Waals surface area contributed by atoms with Crippen LogP contribution in [-0.4, -0.2) is 36.6 Å². The van der Waals surface area contributed by atoms with Gasteiger partial charge in [0.25, 0.3) is 0 Å². The van der Waals surface area contributed by atoms with Crippen molar-refractivity contribution in [3.05, 3.63) is 65.0 Å². The van der Waals surface area contributed by atoms with Gasteiger partial charge in [-0.1, -0.05) is 39.0 Å². The first-order chi connectivity index (χ1) is 14.1. The van der Waals surface area contributed by atoms with Crippen molar-refractivity contribution in [2.24, 2.45) is 5.92 Å². The summed E-state index contributed by atoms with van der Waals surface area (Å²) in [5.74, 6) is -0.295. The van der Waals surface area contributed by atoms with Gasteiger partial charge in [0, 0.05) is 31.6 Å². The molecule has 0 saturated heterocycles. The van der Waals surface area contributed by atoms with Crippen molar-refractivity contribution in [1.29, 1.82) is 0 Å². The molecule has 7 heteroatoms. The molecule has 0 aliphatic carbocycles. The van der Waals surface area contributed by atoms with Crippen molar-refractivity contribution >= 4 is 15.9 Å². The number of carbonyl (C=O) groups excluding carboxylic acids is 1. The average molecular weight is 433 g/mol.